The number of nitrogens with two attached hydrogens (primary N) is 2. The van der Waals surface area contributed by atoms with Gasteiger partial charge < -0.3 is 42.2 Å². The molecule has 0 aromatic carbocycles. The van der Waals surface area contributed by atoms with Crippen molar-refractivity contribution in [1.82, 2.24) is 20.9 Å². The van der Waals surface area contributed by atoms with E-state index in [-0.39, 0.29) is 31.2 Å². The van der Waals surface area contributed by atoms with Gasteiger partial charge in [0.15, 0.2) is 0 Å². The highest BCUT2D eigenvalue weighted by molar-refractivity contribution is 5.94. The fraction of sp³-hybridized carbons (Fsp3) is 0.818. The second kappa shape index (κ2) is 22.3. The van der Waals surface area contributed by atoms with E-state index in [1.807, 2.05) is 27.7 Å². The summed E-state index contributed by atoms with van der Waals surface area (Å²) in [5.74, 6) is -5.13. The van der Waals surface area contributed by atoms with Crippen LogP contribution in [0.3, 0.4) is 0 Å². The van der Waals surface area contributed by atoms with Crippen LogP contribution in [0.2, 0.25) is 0 Å². The predicted octanol–water partition coefficient (Wildman–Crippen LogP) is 0.971. The molecule has 0 saturated carbocycles. The number of nitrogens with zero attached hydrogens (tertiary/aromatic N) is 1. The Morgan fingerprint density at radius 1 is 0.787 bits per heavy atom. The van der Waals surface area contributed by atoms with E-state index in [9.17, 15) is 33.9 Å². The molecule has 0 radical (unpaired) electrons. The first-order chi connectivity index (χ1) is 21.9. The minimum atomic E-state index is -1.10. The fourth-order valence-electron chi connectivity index (χ4n) is 4.94. The summed E-state index contributed by atoms with van der Waals surface area (Å²) in [6.45, 7) is 13.7. The molecule has 5 amide bonds. The molecule has 7 atom stereocenters. The lowest BCUT2D eigenvalue weighted by molar-refractivity contribution is -0.158. The number of aliphatic hydroxyl groups is 1. The number of hydrogen-bond acceptors (Lipinski definition) is 9. The van der Waals surface area contributed by atoms with E-state index in [4.69, 9.17) is 16.2 Å². The van der Waals surface area contributed by atoms with Crippen molar-refractivity contribution in [2.75, 3.05) is 20.1 Å². The predicted molar refractivity (Wildman–Crippen MR) is 179 cm³/mol. The summed E-state index contributed by atoms with van der Waals surface area (Å²) in [5, 5.41) is 17.4. The number of nitrogens with one attached hydrogen (secondary N) is 3. The van der Waals surface area contributed by atoms with Crippen molar-refractivity contribution in [3.63, 3.8) is 0 Å². The minimum Gasteiger partial charge on any atom is -0.460 e. The van der Waals surface area contributed by atoms with Gasteiger partial charge in [-0.2, -0.15) is 0 Å². The van der Waals surface area contributed by atoms with Crippen molar-refractivity contribution in [2.45, 2.75) is 131 Å². The molecule has 14 heteroatoms. The van der Waals surface area contributed by atoms with Gasteiger partial charge in [-0.25, -0.2) is 0 Å². The number of rotatable bonds is 23. The third kappa shape index (κ3) is 16.4. The molecule has 0 bridgehead atoms. The molecule has 14 nitrogen and oxygen atoms in total. The van der Waals surface area contributed by atoms with Crippen molar-refractivity contribution in [3.05, 3.63) is 0 Å². The summed E-state index contributed by atoms with van der Waals surface area (Å²) >= 11 is 0. The number of ether oxygens (including phenoxy) is 1. The highest BCUT2D eigenvalue weighted by atomic mass is 16.5. The summed E-state index contributed by atoms with van der Waals surface area (Å²) in [5.41, 5.74) is 10.9. The first-order valence-corrected chi connectivity index (χ1v) is 16.9. The normalized spacial score (nSPS) is 15.9. The lowest BCUT2D eigenvalue weighted by atomic mass is 9.94. The molecule has 272 valence electrons. The first kappa shape index (κ1) is 43.7. The largest absolute Gasteiger partial charge is 0.460 e. The van der Waals surface area contributed by atoms with Crippen molar-refractivity contribution >= 4 is 35.5 Å². The van der Waals surface area contributed by atoms with E-state index < -0.39 is 84.2 Å². The number of esters is 1. The van der Waals surface area contributed by atoms with Crippen molar-refractivity contribution in [1.29, 1.82) is 0 Å². The van der Waals surface area contributed by atoms with Gasteiger partial charge in [0.05, 0.1) is 17.9 Å². The number of unbranched alkanes of at least 4 members (excludes halogenated alkanes) is 3. The van der Waals surface area contributed by atoms with Crippen LogP contribution in [-0.4, -0.2) is 96.0 Å². The average Bonchev–Trinajstić information content (AvgIpc) is 3.00. The molecule has 0 rings (SSSR count). The van der Waals surface area contributed by atoms with Gasteiger partial charge in [-0.15, -0.1) is 0 Å². The average molecular weight is 671 g/mol. The summed E-state index contributed by atoms with van der Waals surface area (Å²) in [6.07, 6.45) is 2.80. The Hall–Kier alpha value is -3.26. The molecule has 0 heterocycles. The van der Waals surface area contributed by atoms with Crippen LogP contribution in [-0.2, 0) is 33.5 Å². The Morgan fingerprint density at radius 3 is 1.85 bits per heavy atom. The van der Waals surface area contributed by atoms with Crippen LogP contribution < -0.4 is 27.4 Å². The van der Waals surface area contributed by atoms with E-state index in [2.05, 4.69) is 22.9 Å². The van der Waals surface area contributed by atoms with Gasteiger partial charge in [0.1, 0.15) is 30.8 Å². The van der Waals surface area contributed by atoms with Crippen LogP contribution in [0.5, 0.6) is 0 Å². The van der Waals surface area contributed by atoms with Gasteiger partial charge in [-0.3, -0.25) is 28.8 Å². The number of carbonyl (C=O) groups is 6. The number of aliphatic hydroxyl groups excluding tert-OH is 1. The van der Waals surface area contributed by atoms with E-state index in [0.29, 0.717) is 12.8 Å². The molecule has 47 heavy (non-hydrogen) atoms. The van der Waals surface area contributed by atoms with E-state index in [1.54, 1.807) is 6.92 Å². The smallest absolute Gasteiger partial charge is 0.325 e. The van der Waals surface area contributed by atoms with Crippen LogP contribution >= 0.6 is 0 Å². The number of hydrogen-bond donors (Lipinski definition) is 6. The lowest BCUT2D eigenvalue weighted by Crippen LogP contribution is -2.58. The SMILES string of the molecule is CCCCCC[C@@H](OC(=O)CNC(=O)[C@@H](C)[C@H](C)O)[C@@H](C)C(=O)N(C)[C@@H](CC(C)C)C(=O)N[C@@H](CC(C)C)C(=O)N[C@@H](CN)C(N)=O. The van der Waals surface area contributed by atoms with Crippen molar-refractivity contribution in [2.24, 2.45) is 35.1 Å². The van der Waals surface area contributed by atoms with Crippen LogP contribution in [0.15, 0.2) is 0 Å². The van der Waals surface area contributed by atoms with Gasteiger partial charge in [0, 0.05) is 13.6 Å². The van der Waals surface area contributed by atoms with Gasteiger partial charge >= 0.3 is 5.97 Å². The van der Waals surface area contributed by atoms with E-state index in [0.717, 1.165) is 19.3 Å². The first-order valence-electron chi connectivity index (χ1n) is 16.9. The zero-order valence-electron chi connectivity index (χ0n) is 30.0. The van der Waals surface area contributed by atoms with Gasteiger partial charge in [0.2, 0.25) is 29.5 Å². The third-order valence-electron chi connectivity index (χ3n) is 8.16. The Balaban J connectivity index is 6.01. The summed E-state index contributed by atoms with van der Waals surface area (Å²) in [4.78, 5) is 78.7. The molecule has 0 aromatic heterocycles. The number of amides is 5. The maximum Gasteiger partial charge on any atom is 0.325 e. The lowest BCUT2D eigenvalue weighted by Gasteiger charge is -2.34. The summed E-state index contributed by atoms with van der Waals surface area (Å²) < 4.78 is 5.72. The molecule has 8 N–H and O–H groups in total. The highest BCUT2D eigenvalue weighted by Crippen LogP contribution is 2.22. The van der Waals surface area contributed by atoms with Crippen LogP contribution in [0.25, 0.3) is 0 Å². The molecule has 0 aliphatic rings. The Bertz CT molecular complexity index is 1020. The number of primary amides is 1. The zero-order chi connectivity index (χ0) is 36.4. The van der Waals surface area contributed by atoms with Crippen LogP contribution in [0.1, 0.15) is 100 Å². The van der Waals surface area contributed by atoms with E-state index >= 15 is 0 Å². The van der Waals surface area contributed by atoms with Crippen LogP contribution in [0, 0.1) is 23.7 Å². The molecule has 0 unspecified atom stereocenters. The second-order valence-electron chi connectivity index (χ2n) is 13.4. The molecule has 0 fully saturated rings. The second-order valence-corrected chi connectivity index (χ2v) is 13.4. The summed E-state index contributed by atoms with van der Waals surface area (Å²) in [6, 6.07) is -3.06. The Kier molecular flexibility index (Phi) is 20.8. The molecule has 0 aliphatic carbocycles. The number of likely N-dealkylation sites (N-methyl/N-ethyl adjacent to an activating group) is 1. The van der Waals surface area contributed by atoms with Crippen molar-refractivity contribution in [3.8, 4) is 0 Å². The molecular formula is C33H62N6O8. The minimum absolute atomic E-state index is 0.000439. The number of carbonyl (C=O) groups excluding carboxylic acids is 6. The molecule has 0 aromatic rings. The standard InChI is InChI=1S/C33H62N6O8/c1-10-11-12-13-14-27(47-28(41)18-36-30(43)21(6)23(8)40)22(7)33(46)39(9)26(16-20(4)5)32(45)37-24(15-19(2)3)31(44)38-25(17-34)29(35)42/h19-27,40H,10-18,34H2,1-9H3,(H2,35,42)(H,36,43)(H,37,45)(H,38,44)/t21-,22+,23-,24-,25-,26-,27+/m0/s1. The molecule has 0 aliphatic heterocycles. The van der Waals surface area contributed by atoms with Gasteiger partial charge in [-0.05, 0) is 44.4 Å². The van der Waals surface area contributed by atoms with Gasteiger partial charge in [0.25, 0.3) is 0 Å². The quantitative estimate of drug-likeness (QED) is 0.0672. The maximum atomic E-state index is 13.9. The third-order valence-corrected chi connectivity index (χ3v) is 8.16. The highest BCUT2D eigenvalue weighted by Gasteiger charge is 2.36. The molecular weight excluding hydrogens is 608 g/mol. The maximum absolute atomic E-state index is 13.9. The fourth-order valence-corrected chi connectivity index (χ4v) is 4.94. The van der Waals surface area contributed by atoms with Crippen LogP contribution in [0.4, 0.5) is 0 Å². The Morgan fingerprint density at radius 2 is 1.36 bits per heavy atom. The van der Waals surface area contributed by atoms with Gasteiger partial charge in [-0.1, -0.05) is 67.7 Å². The molecule has 0 spiro atoms. The Labute approximate surface area is 280 Å². The molecule has 0 saturated heterocycles. The van der Waals surface area contributed by atoms with Crippen molar-refractivity contribution < 1.29 is 38.6 Å². The van der Waals surface area contributed by atoms with E-state index in [1.165, 1.54) is 25.8 Å². The zero-order valence-corrected chi connectivity index (χ0v) is 30.0. The topological polar surface area (TPSA) is 223 Å². The summed E-state index contributed by atoms with van der Waals surface area (Å²) in [7, 11) is 1.51. The monoisotopic (exact) mass is 670 g/mol.